The van der Waals surface area contributed by atoms with Crippen LogP contribution in [0, 0.1) is 0 Å². The molecule has 2 aromatic rings. The molecule has 0 bridgehead atoms. The number of carbonyl (C=O) groups excluding carboxylic acids is 1. The van der Waals surface area contributed by atoms with E-state index in [-0.39, 0.29) is 5.56 Å². The fraction of sp³-hybridized carbons (Fsp3) is 0.308. The Morgan fingerprint density at radius 1 is 1.44 bits per heavy atom. The lowest BCUT2D eigenvalue weighted by molar-refractivity contribution is 0.0601. The van der Waals surface area contributed by atoms with Gasteiger partial charge in [0.05, 0.1) is 23.6 Å². The second-order valence-electron chi connectivity index (χ2n) is 4.31. The molecular formula is C13H12N2O3. The highest BCUT2D eigenvalue weighted by Gasteiger charge is 2.17. The Labute approximate surface area is 103 Å². The maximum Gasteiger partial charge on any atom is 0.337 e. The van der Waals surface area contributed by atoms with Gasteiger partial charge in [0, 0.05) is 13.0 Å². The van der Waals surface area contributed by atoms with Crippen LogP contribution in [0.2, 0.25) is 0 Å². The first-order valence-electron chi connectivity index (χ1n) is 5.82. The van der Waals surface area contributed by atoms with Crippen LogP contribution < -0.4 is 5.56 Å². The molecule has 1 aromatic carbocycles. The topological polar surface area (TPSA) is 61.2 Å². The van der Waals surface area contributed by atoms with Gasteiger partial charge >= 0.3 is 5.97 Å². The van der Waals surface area contributed by atoms with Gasteiger partial charge in [-0.1, -0.05) is 0 Å². The van der Waals surface area contributed by atoms with Crippen LogP contribution in [0.4, 0.5) is 0 Å². The molecule has 0 spiro atoms. The van der Waals surface area contributed by atoms with E-state index in [0.717, 1.165) is 25.2 Å². The molecular weight excluding hydrogens is 232 g/mol. The van der Waals surface area contributed by atoms with Gasteiger partial charge in [0.15, 0.2) is 0 Å². The van der Waals surface area contributed by atoms with E-state index in [1.54, 1.807) is 22.8 Å². The number of methoxy groups -OCH3 is 1. The molecule has 1 aliphatic rings. The van der Waals surface area contributed by atoms with Gasteiger partial charge in [0.1, 0.15) is 5.82 Å². The number of hydrogen-bond acceptors (Lipinski definition) is 4. The molecule has 0 saturated carbocycles. The number of aryl methyl sites for hydroxylation is 1. The van der Waals surface area contributed by atoms with Crippen LogP contribution in [0.1, 0.15) is 22.6 Å². The van der Waals surface area contributed by atoms with Crippen molar-refractivity contribution in [2.75, 3.05) is 7.11 Å². The summed E-state index contributed by atoms with van der Waals surface area (Å²) >= 11 is 0. The summed E-state index contributed by atoms with van der Waals surface area (Å²) in [4.78, 5) is 28.1. The van der Waals surface area contributed by atoms with E-state index in [0.29, 0.717) is 16.5 Å². The minimum absolute atomic E-state index is 0.0242. The molecule has 0 N–H and O–H groups in total. The molecule has 0 atom stereocenters. The van der Waals surface area contributed by atoms with Crippen LogP contribution in [-0.4, -0.2) is 22.6 Å². The summed E-state index contributed by atoms with van der Waals surface area (Å²) in [6.07, 6.45) is 1.76. The van der Waals surface area contributed by atoms with Crippen molar-refractivity contribution in [2.24, 2.45) is 0 Å². The Balaban J connectivity index is 2.27. The molecule has 18 heavy (non-hydrogen) atoms. The minimum Gasteiger partial charge on any atom is -0.465 e. The quantitative estimate of drug-likeness (QED) is 0.705. The van der Waals surface area contributed by atoms with Crippen LogP contribution in [0.5, 0.6) is 0 Å². The molecule has 0 unspecified atom stereocenters. The number of hydrogen-bond donors (Lipinski definition) is 0. The average Bonchev–Trinajstić information content (AvgIpc) is 2.86. The molecule has 5 nitrogen and oxygen atoms in total. The van der Waals surface area contributed by atoms with E-state index in [1.807, 2.05) is 0 Å². The third kappa shape index (κ3) is 1.51. The third-order valence-electron chi connectivity index (χ3n) is 3.24. The van der Waals surface area contributed by atoms with Crippen LogP contribution >= 0.6 is 0 Å². The molecule has 0 amide bonds. The summed E-state index contributed by atoms with van der Waals surface area (Å²) in [6.45, 7) is 0.732. The van der Waals surface area contributed by atoms with E-state index >= 15 is 0 Å². The summed E-state index contributed by atoms with van der Waals surface area (Å²) < 4.78 is 6.37. The summed E-state index contributed by atoms with van der Waals surface area (Å²) in [7, 11) is 1.33. The highest BCUT2D eigenvalue weighted by molar-refractivity contribution is 5.94. The number of esters is 1. The van der Waals surface area contributed by atoms with Crippen molar-refractivity contribution < 1.29 is 9.53 Å². The van der Waals surface area contributed by atoms with Gasteiger partial charge in [-0.25, -0.2) is 9.78 Å². The standard InChI is InChI=1S/C13H12N2O3/c1-18-13(17)8-4-5-9-10(7-8)14-11-3-2-6-15(11)12(9)16/h4-5,7H,2-3,6H2,1H3. The van der Waals surface area contributed by atoms with Crippen molar-refractivity contribution in [3.05, 3.63) is 39.9 Å². The lowest BCUT2D eigenvalue weighted by Crippen LogP contribution is -2.21. The highest BCUT2D eigenvalue weighted by atomic mass is 16.5. The van der Waals surface area contributed by atoms with Gasteiger partial charge in [-0.2, -0.15) is 0 Å². The van der Waals surface area contributed by atoms with E-state index in [2.05, 4.69) is 9.72 Å². The van der Waals surface area contributed by atoms with Gasteiger partial charge in [0.2, 0.25) is 0 Å². The zero-order chi connectivity index (χ0) is 12.7. The number of ether oxygens (including phenoxy) is 1. The van der Waals surface area contributed by atoms with E-state index in [4.69, 9.17) is 0 Å². The van der Waals surface area contributed by atoms with Gasteiger partial charge in [-0.3, -0.25) is 9.36 Å². The van der Waals surface area contributed by atoms with Crippen LogP contribution in [0.3, 0.4) is 0 Å². The first-order valence-corrected chi connectivity index (χ1v) is 5.82. The van der Waals surface area contributed by atoms with Gasteiger partial charge in [-0.05, 0) is 24.6 Å². The highest BCUT2D eigenvalue weighted by Crippen LogP contribution is 2.16. The predicted octanol–water partition coefficient (Wildman–Crippen LogP) is 1.13. The van der Waals surface area contributed by atoms with E-state index < -0.39 is 5.97 Å². The second kappa shape index (κ2) is 3.94. The number of aromatic nitrogens is 2. The molecule has 0 fully saturated rings. The van der Waals surface area contributed by atoms with Crippen LogP contribution in [0.25, 0.3) is 10.9 Å². The Morgan fingerprint density at radius 2 is 2.28 bits per heavy atom. The second-order valence-corrected chi connectivity index (χ2v) is 4.31. The molecule has 0 aliphatic carbocycles. The molecule has 0 saturated heterocycles. The number of nitrogens with zero attached hydrogens (tertiary/aromatic N) is 2. The van der Waals surface area contributed by atoms with Crippen LogP contribution in [-0.2, 0) is 17.7 Å². The van der Waals surface area contributed by atoms with Crippen molar-refractivity contribution >= 4 is 16.9 Å². The number of carbonyl (C=O) groups is 1. The number of rotatable bonds is 1. The Bertz CT molecular complexity index is 703. The minimum atomic E-state index is -0.417. The fourth-order valence-corrected chi connectivity index (χ4v) is 2.33. The molecule has 5 heteroatoms. The van der Waals surface area contributed by atoms with Crippen LogP contribution in [0.15, 0.2) is 23.0 Å². The van der Waals surface area contributed by atoms with Crippen molar-refractivity contribution in [2.45, 2.75) is 19.4 Å². The molecule has 92 valence electrons. The first kappa shape index (κ1) is 11.0. The van der Waals surface area contributed by atoms with Crippen molar-refractivity contribution in [1.82, 2.24) is 9.55 Å². The molecule has 0 radical (unpaired) electrons. The largest absolute Gasteiger partial charge is 0.465 e. The summed E-state index contributed by atoms with van der Waals surface area (Å²) in [6, 6.07) is 4.85. The SMILES string of the molecule is COC(=O)c1ccc2c(=O)n3c(nc2c1)CCC3. The molecule has 2 heterocycles. The summed E-state index contributed by atoms with van der Waals surface area (Å²) in [5, 5.41) is 0.549. The first-order chi connectivity index (χ1) is 8.70. The predicted molar refractivity (Wildman–Crippen MR) is 65.7 cm³/mol. The Hall–Kier alpha value is -2.17. The zero-order valence-electron chi connectivity index (χ0n) is 9.97. The summed E-state index contributed by atoms with van der Waals surface area (Å²) in [5.41, 5.74) is 0.958. The molecule has 3 rings (SSSR count). The Morgan fingerprint density at radius 3 is 3.06 bits per heavy atom. The third-order valence-corrected chi connectivity index (χ3v) is 3.24. The van der Waals surface area contributed by atoms with Crippen molar-refractivity contribution in [3.8, 4) is 0 Å². The monoisotopic (exact) mass is 244 g/mol. The molecule has 1 aliphatic heterocycles. The maximum atomic E-state index is 12.2. The van der Waals surface area contributed by atoms with E-state index in [9.17, 15) is 9.59 Å². The van der Waals surface area contributed by atoms with Gasteiger partial charge < -0.3 is 4.74 Å². The normalized spacial score (nSPS) is 13.6. The fourth-order valence-electron chi connectivity index (χ4n) is 2.33. The smallest absolute Gasteiger partial charge is 0.337 e. The lowest BCUT2D eigenvalue weighted by atomic mass is 10.1. The van der Waals surface area contributed by atoms with E-state index in [1.165, 1.54) is 7.11 Å². The van der Waals surface area contributed by atoms with Crippen molar-refractivity contribution in [1.29, 1.82) is 0 Å². The lowest BCUT2D eigenvalue weighted by Gasteiger charge is -2.06. The molecule has 1 aromatic heterocycles. The zero-order valence-corrected chi connectivity index (χ0v) is 9.97. The average molecular weight is 244 g/mol. The maximum absolute atomic E-state index is 12.2. The van der Waals surface area contributed by atoms with Gasteiger partial charge in [0.25, 0.3) is 5.56 Å². The number of benzene rings is 1. The van der Waals surface area contributed by atoms with Crippen molar-refractivity contribution in [3.63, 3.8) is 0 Å². The number of fused-ring (bicyclic) bond motifs is 2. The Kier molecular flexibility index (Phi) is 2.40. The summed E-state index contributed by atoms with van der Waals surface area (Å²) in [5.74, 6) is 0.383. The van der Waals surface area contributed by atoms with Gasteiger partial charge in [-0.15, -0.1) is 0 Å².